The maximum Gasteiger partial charge on any atom is 0.227 e. The van der Waals surface area contributed by atoms with E-state index in [9.17, 15) is 4.79 Å². The Morgan fingerprint density at radius 2 is 2.00 bits per heavy atom. The lowest BCUT2D eigenvalue weighted by molar-refractivity contribution is -0.116. The first kappa shape index (κ1) is 23.3. The molecule has 0 aliphatic carbocycles. The Balaban J connectivity index is 1.49. The topological polar surface area (TPSA) is 88.5 Å². The second-order valence-corrected chi connectivity index (χ2v) is 9.14. The number of aromatic amines is 1. The summed E-state index contributed by atoms with van der Waals surface area (Å²) in [6.45, 7) is 4.70. The average Bonchev–Trinajstić information content (AvgIpc) is 3.35. The Morgan fingerprint density at radius 1 is 1.19 bits per heavy atom. The average molecular weight is 459 g/mol. The van der Waals surface area contributed by atoms with Gasteiger partial charge in [-0.05, 0) is 31.6 Å². The summed E-state index contributed by atoms with van der Waals surface area (Å²) in [6.07, 6.45) is 8.69. The van der Waals surface area contributed by atoms with Gasteiger partial charge in [-0.2, -0.15) is 5.10 Å². The molecule has 2 N–H and O–H groups in total. The van der Waals surface area contributed by atoms with Crippen molar-refractivity contribution in [3.8, 4) is 11.4 Å². The fourth-order valence-corrected chi connectivity index (χ4v) is 4.41. The molecule has 1 aromatic carbocycles. The molecule has 9 heteroatoms. The summed E-state index contributed by atoms with van der Waals surface area (Å²) in [5.41, 5.74) is 2.11. The van der Waals surface area contributed by atoms with E-state index in [0.717, 1.165) is 34.8 Å². The summed E-state index contributed by atoms with van der Waals surface area (Å²) in [7, 11) is 0. The van der Waals surface area contributed by atoms with Gasteiger partial charge < -0.3 is 5.32 Å². The van der Waals surface area contributed by atoms with E-state index >= 15 is 0 Å². The molecule has 0 aliphatic rings. The number of aromatic nitrogens is 5. The molecule has 0 bridgehead atoms. The van der Waals surface area contributed by atoms with Crippen LogP contribution in [0.25, 0.3) is 11.4 Å². The summed E-state index contributed by atoms with van der Waals surface area (Å²) in [6, 6.07) is 8.05. The summed E-state index contributed by atoms with van der Waals surface area (Å²) in [5.74, 6) is 0.624. The molecule has 3 aromatic rings. The number of unbranched alkanes of at least 4 members (excludes halogenated alkanes) is 5. The van der Waals surface area contributed by atoms with E-state index in [2.05, 4.69) is 32.6 Å². The monoisotopic (exact) mass is 458 g/mol. The van der Waals surface area contributed by atoms with E-state index in [1.54, 1.807) is 0 Å². The van der Waals surface area contributed by atoms with Crippen LogP contribution in [0.4, 0.5) is 5.13 Å². The van der Waals surface area contributed by atoms with Gasteiger partial charge in [-0.3, -0.25) is 14.5 Å². The van der Waals surface area contributed by atoms with Crippen LogP contribution >= 0.6 is 23.6 Å². The van der Waals surface area contributed by atoms with Gasteiger partial charge in [-0.1, -0.05) is 74.1 Å². The lowest BCUT2D eigenvalue weighted by Crippen LogP contribution is -2.15. The van der Waals surface area contributed by atoms with Crippen LogP contribution in [-0.4, -0.2) is 30.9 Å². The molecule has 7 nitrogen and oxygen atoms in total. The highest BCUT2D eigenvalue weighted by atomic mass is 32.1. The number of hydrogen-bond acceptors (Lipinski definition) is 6. The van der Waals surface area contributed by atoms with E-state index in [0.29, 0.717) is 16.4 Å². The lowest BCUT2D eigenvalue weighted by Gasteiger charge is -2.07. The molecule has 0 saturated carbocycles. The Morgan fingerprint density at radius 3 is 2.81 bits per heavy atom. The molecular formula is C22H30N6OS2. The van der Waals surface area contributed by atoms with Crippen LogP contribution in [-0.2, 0) is 17.8 Å². The van der Waals surface area contributed by atoms with Crippen molar-refractivity contribution in [3.63, 3.8) is 0 Å². The van der Waals surface area contributed by atoms with Crippen molar-refractivity contribution in [2.75, 3.05) is 5.32 Å². The van der Waals surface area contributed by atoms with Gasteiger partial charge in [0, 0.05) is 24.9 Å². The SMILES string of the molecule is CCCCCCCCc1nnc(NC(=O)CCn2c(-c3cccc(C)c3)n[nH]c2=S)s1. The Bertz CT molecular complexity index is 1040. The second-order valence-electron chi connectivity index (χ2n) is 7.69. The minimum atomic E-state index is -0.111. The molecule has 31 heavy (non-hydrogen) atoms. The van der Waals surface area contributed by atoms with E-state index in [1.165, 1.54) is 43.4 Å². The number of rotatable bonds is 12. The first-order chi connectivity index (χ1) is 15.1. The van der Waals surface area contributed by atoms with Gasteiger partial charge >= 0.3 is 0 Å². The Labute approximate surface area is 192 Å². The molecule has 0 saturated heterocycles. The maximum atomic E-state index is 12.4. The van der Waals surface area contributed by atoms with Crippen LogP contribution in [0, 0.1) is 11.7 Å². The van der Waals surface area contributed by atoms with Gasteiger partial charge in [0.1, 0.15) is 5.01 Å². The highest BCUT2D eigenvalue weighted by molar-refractivity contribution is 7.71. The number of hydrogen-bond donors (Lipinski definition) is 2. The smallest absolute Gasteiger partial charge is 0.227 e. The molecule has 0 fully saturated rings. The van der Waals surface area contributed by atoms with Crippen molar-refractivity contribution in [2.45, 2.75) is 71.8 Å². The second kappa shape index (κ2) is 11.9. The Kier molecular flexibility index (Phi) is 8.90. The van der Waals surface area contributed by atoms with Crippen molar-refractivity contribution < 1.29 is 4.79 Å². The first-order valence-electron chi connectivity index (χ1n) is 10.9. The van der Waals surface area contributed by atoms with Crippen molar-refractivity contribution in [1.29, 1.82) is 0 Å². The van der Waals surface area contributed by atoms with Crippen molar-refractivity contribution in [3.05, 3.63) is 39.6 Å². The van der Waals surface area contributed by atoms with Crippen LogP contribution in [0.1, 0.15) is 62.4 Å². The number of anilines is 1. The zero-order chi connectivity index (χ0) is 22.1. The molecule has 0 unspecified atom stereocenters. The van der Waals surface area contributed by atoms with Crippen LogP contribution in [0.5, 0.6) is 0 Å². The van der Waals surface area contributed by atoms with Crippen LogP contribution in [0.15, 0.2) is 24.3 Å². The number of nitrogens with zero attached hydrogens (tertiary/aromatic N) is 4. The maximum absolute atomic E-state index is 12.4. The predicted molar refractivity (Wildman–Crippen MR) is 128 cm³/mol. The molecule has 166 valence electrons. The van der Waals surface area contributed by atoms with Gasteiger partial charge in [-0.25, -0.2) is 0 Å². The molecule has 0 aliphatic heterocycles. The molecule has 3 rings (SSSR count). The number of carbonyl (C=O) groups is 1. The van der Waals surface area contributed by atoms with Crippen LogP contribution in [0.2, 0.25) is 0 Å². The minimum Gasteiger partial charge on any atom is -0.300 e. The minimum absolute atomic E-state index is 0.111. The van der Waals surface area contributed by atoms with E-state index in [1.807, 2.05) is 35.8 Å². The van der Waals surface area contributed by atoms with E-state index in [4.69, 9.17) is 12.2 Å². The molecular weight excluding hydrogens is 428 g/mol. The molecule has 0 atom stereocenters. The summed E-state index contributed by atoms with van der Waals surface area (Å²) in [5, 5.41) is 19.9. The fraction of sp³-hybridized carbons (Fsp3) is 0.500. The zero-order valence-electron chi connectivity index (χ0n) is 18.2. The third-order valence-corrected chi connectivity index (χ3v) is 6.26. The normalized spacial score (nSPS) is 11.0. The first-order valence-corrected chi connectivity index (χ1v) is 12.1. The van der Waals surface area contributed by atoms with Gasteiger partial charge in [0.25, 0.3) is 0 Å². The van der Waals surface area contributed by atoms with E-state index in [-0.39, 0.29) is 12.3 Å². The molecule has 0 radical (unpaired) electrons. The highest BCUT2D eigenvalue weighted by Gasteiger charge is 2.12. The third kappa shape index (κ3) is 7.07. The molecule has 1 amide bonds. The number of nitrogens with one attached hydrogen (secondary N) is 2. The predicted octanol–water partition coefficient (Wildman–Crippen LogP) is 5.70. The molecule has 0 spiro atoms. The number of H-pyrrole nitrogens is 1. The summed E-state index contributed by atoms with van der Waals surface area (Å²) >= 11 is 6.81. The van der Waals surface area contributed by atoms with Crippen molar-refractivity contribution >= 4 is 34.6 Å². The van der Waals surface area contributed by atoms with Gasteiger partial charge in [-0.15, -0.1) is 10.2 Å². The van der Waals surface area contributed by atoms with Crippen molar-refractivity contribution in [2.24, 2.45) is 0 Å². The number of benzene rings is 1. The largest absolute Gasteiger partial charge is 0.300 e. The summed E-state index contributed by atoms with van der Waals surface area (Å²) in [4.78, 5) is 12.4. The lowest BCUT2D eigenvalue weighted by atomic mass is 10.1. The number of aryl methyl sites for hydroxylation is 2. The fourth-order valence-electron chi connectivity index (χ4n) is 3.39. The number of amides is 1. The Hall–Kier alpha value is -2.39. The third-order valence-electron chi connectivity index (χ3n) is 5.05. The highest BCUT2D eigenvalue weighted by Crippen LogP contribution is 2.20. The van der Waals surface area contributed by atoms with Crippen LogP contribution < -0.4 is 5.32 Å². The summed E-state index contributed by atoms with van der Waals surface area (Å²) < 4.78 is 2.36. The zero-order valence-corrected chi connectivity index (χ0v) is 19.8. The van der Waals surface area contributed by atoms with Crippen LogP contribution in [0.3, 0.4) is 0 Å². The standard InChI is InChI=1S/C22H30N6OS2/c1-3-4-5-6-7-8-12-19-24-26-21(31-19)23-18(29)13-14-28-20(25-27-22(28)30)17-11-9-10-16(2)15-17/h9-11,15H,3-8,12-14H2,1-2H3,(H,27,30)(H,23,26,29). The molecule has 2 heterocycles. The van der Waals surface area contributed by atoms with Gasteiger partial charge in [0.2, 0.25) is 11.0 Å². The molecule has 2 aromatic heterocycles. The van der Waals surface area contributed by atoms with Crippen molar-refractivity contribution in [1.82, 2.24) is 25.0 Å². The van der Waals surface area contributed by atoms with Gasteiger partial charge in [0.05, 0.1) is 0 Å². The van der Waals surface area contributed by atoms with Gasteiger partial charge in [0.15, 0.2) is 10.6 Å². The quantitative estimate of drug-likeness (QED) is 0.268. The number of carbonyl (C=O) groups excluding carboxylic acids is 1. The van der Waals surface area contributed by atoms with E-state index < -0.39 is 0 Å².